The Morgan fingerprint density at radius 3 is 2.65 bits per heavy atom. The second kappa shape index (κ2) is 6.91. The fourth-order valence-electron chi connectivity index (χ4n) is 3.82. The average Bonchev–Trinajstić information content (AvgIpc) is 2.89. The molecule has 0 aromatic heterocycles. The van der Waals surface area contributed by atoms with Gasteiger partial charge in [0.25, 0.3) is 10.1 Å². The first kappa shape index (κ1) is 16.9. The van der Waals surface area contributed by atoms with Crippen molar-refractivity contribution in [2.75, 3.05) is 6.61 Å². The number of aryl methyl sites for hydroxylation is 1. The van der Waals surface area contributed by atoms with E-state index in [1.165, 1.54) is 6.42 Å². The lowest BCUT2D eigenvalue weighted by molar-refractivity contribution is -0.0612. The standard InChI is InChI=1S/C18H26O4S/c1-13-3-7-17(8-4-13)23(19,20)21-10-9-15-11-16-6-5-14(2)22-18(16)12-15/h3-4,7-8,14-16,18H,5-6,9-12H2,1-2H3. The van der Waals surface area contributed by atoms with Crippen molar-refractivity contribution in [1.82, 2.24) is 0 Å². The topological polar surface area (TPSA) is 52.6 Å². The van der Waals surface area contributed by atoms with Crippen LogP contribution in [0.3, 0.4) is 0 Å². The van der Waals surface area contributed by atoms with Crippen molar-refractivity contribution in [1.29, 1.82) is 0 Å². The summed E-state index contributed by atoms with van der Waals surface area (Å²) < 4.78 is 35.6. The molecule has 0 radical (unpaired) electrons. The summed E-state index contributed by atoms with van der Waals surface area (Å²) in [5, 5.41) is 0. The Balaban J connectivity index is 1.49. The second-order valence-corrected chi connectivity index (χ2v) is 8.65. The lowest BCUT2D eigenvalue weighted by Crippen LogP contribution is -2.29. The molecule has 1 saturated heterocycles. The van der Waals surface area contributed by atoms with Crippen LogP contribution in [0.2, 0.25) is 0 Å². The van der Waals surface area contributed by atoms with Crippen LogP contribution in [-0.4, -0.2) is 27.2 Å². The summed E-state index contributed by atoms with van der Waals surface area (Å²) in [6, 6.07) is 6.78. The maximum absolute atomic E-state index is 12.2. The first-order chi connectivity index (χ1) is 10.9. The van der Waals surface area contributed by atoms with Gasteiger partial charge < -0.3 is 4.74 Å². The first-order valence-corrected chi connectivity index (χ1v) is 9.96. The van der Waals surface area contributed by atoms with Gasteiger partial charge in [-0.2, -0.15) is 8.42 Å². The Kier molecular flexibility index (Phi) is 5.09. The molecule has 1 aliphatic heterocycles. The highest BCUT2D eigenvalue weighted by Crippen LogP contribution is 2.41. The number of hydrogen-bond donors (Lipinski definition) is 0. The Hall–Kier alpha value is -0.910. The summed E-state index contributed by atoms with van der Waals surface area (Å²) in [4.78, 5) is 0.236. The van der Waals surface area contributed by atoms with Crippen LogP contribution >= 0.6 is 0 Å². The van der Waals surface area contributed by atoms with Crippen LogP contribution < -0.4 is 0 Å². The fourth-order valence-corrected chi connectivity index (χ4v) is 4.74. The zero-order valence-electron chi connectivity index (χ0n) is 13.9. The van der Waals surface area contributed by atoms with Crippen molar-refractivity contribution in [3.8, 4) is 0 Å². The van der Waals surface area contributed by atoms with Crippen LogP contribution in [0, 0.1) is 18.8 Å². The van der Waals surface area contributed by atoms with E-state index in [0.29, 0.717) is 24.0 Å². The predicted molar refractivity (Wildman–Crippen MR) is 88.7 cm³/mol. The Morgan fingerprint density at radius 1 is 1.17 bits per heavy atom. The van der Waals surface area contributed by atoms with Crippen LogP contribution in [0.5, 0.6) is 0 Å². The Labute approximate surface area is 139 Å². The second-order valence-electron chi connectivity index (χ2n) is 7.04. The molecule has 4 atom stereocenters. The smallest absolute Gasteiger partial charge is 0.296 e. The normalized spacial score (nSPS) is 31.0. The minimum atomic E-state index is -3.63. The van der Waals surface area contributed by atoms with E-state index in [9.17, 15) is 8.42 Å². The van der Waals surface area contributed by atoms with E-state index in [2.05, 4.69) is 6.92 Å². The molecule has 1 aromatic carbocycles. The summed E-state index contributed by atoms with van der Waals surface area (Å²) in [5.74, 6) is 1.17. The number of fused-ring (bicyclic) bond motifs is 1. The molecule has 3 rings (SSSR count). The molecule has 4 unspecified atom stereocenters. The quantitative estimate of drug-likeness (QED) is 0.769. The zero-order valence-corrected chi connectivity index (χ0v) is 14.7. The molecule has 0 N–H and O–H groups in total. The number of hydrogen-bond acceptors (Lipinski definition) is 4. The summed E-state index contributed by atoms with van der Waals surface area (Å²) in [5.41, 5.74) is 1.03. The molecular weight excluding hydrogens is 312 g/mol. The van der Waals surface area contributed by atoms with Crippen LogP contribution in [0.25, 0.3) is 0 Å². The summed E-state index contributed by atoms with van der Waals surface area (Å²) in [7, 11) is -3.63. The highest BCUT2D eigenvalue weighted by Gasteiger charge is 2.38. The van der Waals surface area contributed by atoms with Gasteiger partial charge in [0.2, 0.25) is 0 Å². The van der Waals surface area contributed by atoms with Gasteiger partial charge in [-0.3, -0.25) is 4.18 Å². The van der Waals surface area contributed by atoms with Crippen molar-refractivity contribution >= 4 is 10.1 Å². The first-order valence-electron chi connectivity index (χ1n) is 8.55. The molecule has 0 bridgehead atoms. The van der Waals surface area contributed by atoms with E-state index in [0.717, 1.165) is 31.2 Å². The van der Waals surface area contributed by atoms with Crippen molar-refractivity contribution in [2.45, 2.75) is 63.1 Å². The highest BCUT2D eigenvalue weighted by molar-refractivity contribution is 7.86. The predicted octanol–water partition coefficient (Wildman–Crippen LogP) is 3.68. The third-order valence-electron chi connectivity index (χ3n) is 5.15. The minimum Gasteiger partial charge on any atom is -0.375 e. The Bertz CT molecular complexity index is 623. The summed E-state index contributed by atoms with van der Waals surface area (Å²) >= 11 is 0. The van der Waals surface area contributed by atoms with Gasteiger partial charge in [0.05, 0.1) is 23.7 Å². The largest absolute Gasteiger partial charge is 0.375 e. The molecule has 23 heavy (non-hydrogen) atoms. The molecule has 1 aromatic rings. The summed E-state index contributed by atoms with van der Waals surface area (Å²) in [6.07, 6.45) is 6.10. The van der Waals surface area contributed by atoms with E-state index in [4.69, 9.17) is 8.92 Å². The monoisotopic (exact) mass is 338 g/mol. The number of rotatable bonds is 5. The van der Waals surface area contributed by atoms with Crippen LogP contribution in [0.1, 0.15) is 44.6 Å². The molecule has 2 aliphatic rings. The van der Waals surface area contributed by atoms with Crippen LogP contribution in [-0.2, 0) is 19.0 Å². The minimum absolute atomic E-state index is 0.236. The molecule has 1 heterocycles. The lowest BCUT2D eigenvalue weighted by atomic mass is 9.94. The molecule has 4 nitrogen and oxygen atoms in total. The van der Waals surface area contributed by atoms with Crippen LogP contribution in [0.4, 0.5) is 0 Å². The van der Waals surface area contributed by atoms with Gasteiger partial charge in [-0.15, -0.1) is 0 Å². The van der Waals surface area contributed by atoms with Gasteiger partial charge in [0, 0.05) is 0 Å². The van der Waals surface area contributed by atoms with Crippen molar-refractivity contribution in [3.05, 3.63) is 29.8 Å². The molecule has 5 heteroatoms. The molecule has 1 saturated carbocycles. The van der Waals surface area contributed by atoms with Gasteiger partial charge >= 0.3 is 0 Å². The number of ether oxygens (including phenoxy) is 1. The number of benzene rings is 1. The average molecular weight is 338 g/mol. The molecule has 1 aliphatic carbocycles. The lowest BCUT2D eigenvalue weighted by Gasteiger charge is -2.30. The zero-order chi connectivity index (χ0) is 16.4. The van der Waals surface area contributed by atoms with Crippen molar-refractivity contribution < 1.29 is 17.3 Å². The van der Waals surface area contributed by atoms with E-state index < -0.39 is 10.1 Å². The van der Waals surface area contributed by atoms with Gasteiger partial charge in [-0.25, -0.2) is 0 Å². The third-order valence-corrected chi connectivity index (χ3v) is 6.48. The molecule has 0 amide bonds. The molecular formula is C18H26O4S. The fraction of sp³-hybridized carbons (Fsp3) is 0.667. The van der Waals surface area contributed by atoms with Gasteiger partial charge in [-0.05, 0) is 69.9 Å². The van der Waals surface area contributed by atoms with Gasteiger partial charge in [-0.1, -0.05) is 17.7 Å². The van der Waals surface area contributed by atoms with E-state index in [1.807, 2.05) is 6.92 Å². The van der Waals surface area contributed by atoms with Crippen LogP contribution in [0.15, 0.2) is 29.2 Å². The SMILES string of the molecule is Cc1ccc(S(=O)(=O)OCCC2CC3CCC(C)OC3C2)cc1. The molecule has 0 spiro atoms. The third kappa shape index (κ3) is 4.14. The van der Waals surface area contributed by atoms with Gasteiger partial charge in [0.15, 0.2) is 0 Å². The maximum atomic E-state index is 12.2. The van der Waals surface area contributed by atoms with E-state index in [-0.39, 0.29) is 11.5 Å². The van der Waals surface area contributed by atoms with Crippen molar-refractivity contribution in [3.63, 3.8) is 0 Å². The molecule has 2 fully saturated rings. The molecule has 128 valence electrons. The van der Waals surface area contributed by atoms with Gasteiger partial charge in [0.1, 0.15) is 0 Å². The maximum Gasteiger partial charge on any atom is 0.296 e. The van der Waals surface area contributed by atoms with E-state index >= 15 is 0 Å². The Morgan fingerprint density at radius 2 is 1.91 bits per heavy atom. The summed E-state index contributed by atoms with van der Waals surface area (Å²) in [6.45, 7) is 4.33. The van der Waals surface area contributed by atoms with E-state index in [1.54, 1.807) is 24.3 Å². The van der Waals surface area contributed by atoms with Crippen molar-refractivity contribution in [2.24, 2.45) is 11.8 Å². The highest BCUT2D eigenvalue weighted by atomic mass is 32.2.